The van der Waals surface area contributed by atoms with Crippen molar-refractivity contribution in [3.63, 3.8) is 0 Å². The van der Waals surface area contributed by atoms with Crippen LogP contribution in [0.1, 0.15) is 0 Å². The van der Waals surface area contributed by atoms with Crippen LogP contribution in [-0.2, 0) is 10.0 Å². The van der Waals surface area contributed by atoms with Crippen molar-refractivity contribution < 1.29 is 8.42 Å². The third-order valence-corrected chi connectivity index (χ3v) is 9.76. The molecule has 0 amide bonds. The molecule has 7 aromatic rings. The molecule has 0 bridgehead atoms. The van der Waals surface area contributed by atoms with Crippen LogP contribution >= 0.6 is 0 Å². The minimum Gasteiger partial charge on any atom is -0.309 e. The number of benzene rings is 6. The van der Waals surface area contributed by atoms with Crippen molar-refractivity contribution in [3.8, 4) is 27.9 Å². The Morgan fingerprint density at radius 3 is 1.56 bits per heavy atom. The second-order valence-electron chi connectivity index (χ2n) is 10.2. The second kappa shape index (κ2) is 8.95. The minimum absolute atomic E-state index is 0.323. The molecular formula is C36H24N2O2S. The number of nitrogens with zero attached hydrogens (tertiary/aromatic N) is 2. The molecule has 0 radical (unpaired) electrons. The summed E-state index contributed by atoms with van der Waals surface area (Å²) >= 11 is 0. The molecule has 0 spiro atoms. The lowest BCUT2D eigenvalue weighted by molar-refractivity contribution is 0.596. The first-order chi connectivity index (χ1) is 20.1. The van der Waals surface area contributed by atoms with Crippen LogP contribution in [-0.4, -0.2) is 13.0 Å². The fourth-order valence-electron chi connectivity index (χ4n) is 6.09. The molecule has 41 heavy (non-hydrogen) atoms. The largest absolute Gasteiger partial charge is 0.309 e. The Bertz CT molecular complexity index is 2160. The highest BCUT2D eigenvalue weighted by atomic mass is 32.2. The van der Waals surface area contributed by atoms with E-state index in [1.165, 1.54) is 26.1 Å². The number of para-hydroxylation sites is 3. The third kappa shape index (κ3) is 3.56. The van der Waals surface area contributed by atoms with E-state index in [4.69, 9.17) is 0 Å². The molecule has 5 heteroatoms. The van der Waals surface area contributed by atoms with Crippen LogP contribution in [0.4, 0.5) is 11.4 Å². The summed E-state index contributed by atoms with van der Waals surface area (Å²) in [5.74, 6) is 0. The SMILES string of the molecule is O=S1(=O)c2ccccc2-c2ccccc2N1c1ccc(-c2ccc(-n3c4ccccc4c4ccccc43)cc2)cc1. The Morgan fingerprint density at radius 1 is 0.439 bits per heavy atom. The van der Waals surface area contributed by atoms with Crippen molar-refractivity contribution in [2.45, 2.75) is 4.90 Å². The van der Waals surface area contributed by atoms with Crippen molar-refractivity contribution in [3.05, 3.63) is 146 Å². The fourth-order valence-corrected chi connectivity index (χ4v) is 7.81. The van der Waals surface area contributed by atoms with E-state index in [-0.39, 0.29) is 0 Å². The molecule has 0 saturated carbocycles. The van der Waals surface area contributed by atoms with Gasteiger partial charge in [-0.05, 0) is 59.7 Å². The summed E-state index contributed by atoms with van der Waals surface area (Å²) in [6.07, 6.45) is 0. The van der Waals surface area contributed by atoms with Gasteiger partial charge in [0.2, 0.25) is 0 Å². The molecule has 1 aliphatic rings. The molecule has 6 aromatic carbocycles. The van der Waals surface area contributed by atoms with Crippen LogP contribution in [0, 0.1) is 0 Å². The van der Waals surface area contributed by atoms with Crippen LogP contribution in [0.25, 0.3) is 49.7 Å². The molecule has 196 valence electrons. The zero-order chi connectivity index (χ0) is 27.6. The van der Waals surface area contributed by atoms with Gasteiger partial charge >= 0.3 is 0 Å². The first kappa shape index (κ1) is 23.7. The first-order valence-corrected chi connectivity index (χ1v) is 15.0. The van der Waals surface area contributed by atoms with Gasteiger partial charge in [0, 0.05) is 27.6 Å². The predicted molar refractivity (Wildman–Crippen MR) is 167 cm³/mol. The van der Waals surface area contributed by atoms with Crippen LogP contribution in [0.5, 0.6) is 0 Å². The average molecular weight is 549 g/mol. The van der Waals surface area contributed by atoms with Gasteiger partial charge in [-0.3, -0.25) is 0 Å². The monoisotopic (exact) mass is 548 g/mol. The Balaban J connectivity index is 1.17. The summed E-state index contributed by atoms with van der Waals surface area (Å²) in [6.45, 7) is 0. The number of anilines is 2. The first-order valence-electron chi connectivity index (χ1n) is 13.5. The Labute approximate surface area is 238 Å². The van der Waals surface area contributed by atoms with Crippen molar-refractivity contribution in [2.75, 3.05) is 4.31 Å². The van der Waals surface area contributed by atoms with Gasteiger partial charge in [-0.1, -0.05) is 97.1 Å². The highest BCUT2D eigenvalue weighted by molar-refractivity contribution is 7.93. The molecule has 1 aromatic heterocycles. The quantitative estimate of drug-likeness (QED) is 0.221. The molecular weight excluding hydrogens is 524 g/mol. The van der Waals surface area contributed by atoms with Crippen LogP contribution in [0.15, 0.2) is 150 Å². The maximum absolute atomic E-state index is 13.8. The maximum Gasteiger partial charge on any atom is 0.269 e. The molecule has 8 rings (SSSR count). The number of hydrogen-bond acceptors (Lipinski definition) is 2. The molecule has 0 atom stereocenters. The fraction of sp³-hybridized carbons (Fsp3) is 0. The van der Waals surface area contributed by atoms with Gasteiger partial charge < -0.3 is 4.57 Å². The summed E-state index contributed by atoms with van der Waals surface area (Å²) in [4.78, 5) is 0.323. The summed E-state index contributed by atoms with van der Waals surface area (Å²) in [5.41, 5.74) is 8.44. The average Bonchev–Trinajstić information content (AvgIpc) is 3.36. The number of sulfonamides is 1. The number of hydrogen-bond donors (Lipinski definition) is 0. The van der Waals surface area contributed by atoms with E-state index in [0.717, 1.165) is 27.9 Å². The summed E-state index contributed by atoms with van der Waals surface area (Å²) in [7, 11) is -3.76. The standard InChI is InChI=1S/C36H24N2O2S/c39-41(40)36-16-8-4-12-32(36)31-11-3-7-15-35(31)38(41)28-23-19-26(20-24-28)25-17-21-27(22-18-25)37-33-13-5-1-9-29(33)30-10-2-6-14-34(30)37/h1-24H. The topological polar surface area (TPSA) is 42.3 Å². The van der Waals surface area contributed by atoms with E-state index in [2.05, 4.69) is 77.4 Å². The molecule has 0 N–H and O–H groups in total. The number of rotatable bonds is 3. The molecule has 1 aliphatic heterocycles. The van der Waals surface area contributed by atoms with Gasteiger partial charge in [-0.25, -0.2) is 12.7 Å². The lowest BCUT2D eigenvalue weighted by Gasteiger charge is -2.32. The highest BCUT2D eigenvalue weighted by Crippen LogP contribution is 2.46. The van der Waals surface area contributed by atoms with Crippen LogP contribution in [0.2, 0.25) is 0 Å². The van der Waals surface area contributed by atoms with Gasteiger partial charge in [0.1, 0.15) is 0 Å². The number of aromatic nitrogens is 1. The molecule has 2 heterocycles. The predicted octanol–water partition coefficient (Wildman–Crippen LogP) is 8.96. The van der Waals surface area contributed by atoms with E-state index in [1.807, 2.05) is 60.7 Å². The van der Waals surface area contributed by atoms with E-state index in [9.17, 15) is 8.42 Å². The Hall–Kier alpha value is -5.13. The zero-order valence-electron chi connectivity index (χ0n) is 22.0. The van der Waals surface area contributed by atoms with E-state index in [1.54, 1.807) is 12.1 Å². The maximum atomic E-state index is 13.8. The van der Waals surface area contributed by atoms with Gasteiger partial charge in [-0.2, -0.15) is 0 Å². The molecule has 0 fully saturated rings. The van der Waals surface area contributed by atoms with Gasteiger partial charge in [0.05, 0.1) is 27.3 Å². The molecule has 0 saturated heterocycles. The van der Waals surface area contributed by atoms with Crippen LogP contribution in [0.3, 0.4) is 0 Å². The highest BCUT2D eigenvalue weighted by Gasteiger charge is 2.35. The van der Waals surface area contributed by atoms with E-state index in [0.29, 0.717) is 16.3 Å². The van der Waals surface area contributed by atoms with Gasteiger partial charge in [-0.15, -0.1) is 0 Å². The van der Waals surface area contributed by atoms with Gasteiger partial charge in [0.15, 0.2) is 0 Å². The molecule has 4 nitrogen and oxygen atoms in total. The normalized spacial score (nSPS) is 13.7. The second-order valence-corrected chi connectivity index (χ2v) is 12.0. The lowest BCUT2D eigenvalue weighted by atomic mass is 10.0. The smallest absolute Gasteiger partial charge is 0.269 e. The summed E-state index contributed by atoms with van der Waals surface area (Å²) in [6, 6.07) is 48.1. The van der Waals surface area contributed by atoms with E-state index < -0.39 is 10.0 Å². The lowest BCUT2D eigenvalue weighted by Crippen LogP contribution is -2.30. The van der Waals surface area contributed by atoms with Crippen molar-refractivity contribution >= 4 is 43.2 Å². The van der Waals surface area contributed by atoms with Crippen molar-refractivity contribution in [1.29, 1.82) is 0 Å². The molecule has 0 unspecified atom stereocenters. The number of fused-ring (bicyclic) bond motifs is 6. The van der Waals surface area contributed by atoms with Gasteiger partial charge in [0.25, 0.3) is 10.0 Å². The minimum atomic E-state index is -3.76. The van der Waals surface area contributed by atoms with Crippen molar-refractivity contribution in [2.24, 2.45) is 0 Å². The summed E-state index contributed by atoms with van der Waals surface area (Å²) in [5, 5.41) is 2.47. The summed E-state index contributed by atoms with van der Waals surface area (Å²) < 4.78 is 31.3. The Morgan fingerprint density at radius 2 is 0.927 bits per heavy atom. The molecule has 0 aliphatic carbocycles. The zero-order valence-corrected chi connectivity index (χ0v) is 22.8. The van der Waals surface area contributed by atoms with Crippen LogP contribution < -0.4 is 4.31 Å². The third-order valence-electron chi connectivity index (χ3n) is 7.96. The Kier molecular flexibility index (Phi) is 5.18. The van der Waals surface area contributed by atoms with E-state index >= 15 is 0 Å². The van der Waals surface area contributed by atoms with Crippen molar-refractivity contribution in [1.82, 2.24) is 4.57 Å².